The smallest absolute Gasteiger partial charge is 0.263 e. The maximum Gasteiger partial charge on any atom is 0.263 e. The van der Waals surface area contributed by atoms with Gasteiger partial charge in [-0.25, -0.2) is 0 Å². The first-order valence-corrected chi connectivity index (χ1v) is 12.6. The summed E-state index contributed by atoms with van der Waals surface area (Å²) in [6.07, 6.45) is 6.48. The Kier molecular flexibility index (Phi) is 10.3. The van der Waals surface area contributed by atoms with Gasteiger partial charge < -0.3 is 25.0 Å². The number of nitrogens with zero attached hydrogens (tertiary/aromatic N) is 2. The lowest BCUT2D eigenvalue weighted by Gasteiger charge is -2.34. The molecular weight excluding hydrogens is 434 g/mol. The summed E-state index contributed by atoms with van der Waals surface area (Å²) in [7, 11) is 0. The number of aromatic nitrogens is 1. The summed E-state index contributed by atoms with van der Waals surface area (Å²) in [5.74, 6) is -0.536. The maximum atomic E-state index is 13.5. The molecule has 0 saturated heterocycles. The third kappa shape index (κ3) is 6.92. The molecule has 1 atom stereocenters. The van der Waals surface area contributed by atoms with Gasteiger partial charge in [-0.05, 0) is 49.1 Å². The molecule has 1 fully saturated rings. The Hall–Kier alpha value is -2.19. The van der Waals surface area contributed by atoms with E-state index < -0.39 is 23.3 Å². The van der Waals surface area contributed by atoms with Gasteiger partial charge in [0.15, 0.2) is 0 Å². The summed E-state index contributed by atoms with van der Waals surface area (Å²) < 4.78 is 1.78. The zero-order valence-electron chi connectivity index (χ0n) is 21.5. The Labute approximate surface area is 203 Å². The van der Waals surface area contributed by atoms with E-state index in [1.165, 1.54) is 24.2 Å². The van der Waals surface area contributed by atoms with E-state index in [1.807, 2.05) is 34.6 Å². The van der Waals surface area contributed by atoms with Crippen molar-refractivity contribution in [1.29, 1.82) is 0 Å². The quantitative estimate of drug-likeness (QED) is 0.479. The second-order valence-corrected chi connectivity index (χ2v) is 10.5. The third-order valence-corrected chi connectivity index (χ3v) is 6.80. The Morgan fingerprint density at radius 3 is 2.24 bits per heavy atom. The number of carbonyl (C=O) groups is 2. The fourth-order valence-corrected chi connectivity index (χ4v) is 4.91. The lowest BCUT2D eigenvalue weighted by atomic mass is 9.85. The van der Waals surface area contributed by atoms with Crippen LogP contribution < -0.4 is 10.9 Å². The van der Waals surface area contributed by atoms with Gasteiger partial charge in [0, 0.05) is 25.3 Å². The Balaban J connectivity index is 2.40. The molecule has 1 unspecified atom stereocenters. The highest BCUT2D eigenvalue weighted by atomic mass is 16.3. The topological polar surface area (TPSA) is 112 Å². The van der Waals surface area contributed by atoms with Crippen LogP contribution in [-0.4, -0.2) is 63.8 Å². The van der Waals surface area contributed by atoms with E-state index in [2.05, 4.69) is 5.32 Å². The standard InChI is InChI=1S/C26H43N3O5/c1-6-21-18(2)16-20(24(33)29(21)17-19-10-8-7-9-11-19)23(32)27-22(26(3,4)5)25(34)28(12-14-30)13-15-31/h16,19,22,30-31H,6-15,17H2,1-5H3,(H,27,32). The second kappa shape index (κ2) is 12.5. The number of carbonyl (C=O) groups excluding carboxylic acids is 2. The minimum atomic E-state index is -0.921. The van der Waals surface area contributed by atoms with E-state index in [9.17, 15) is 24.6 Å². The predicted octanol–water partition coefficient (Wildman–Crippen LogP) is 2.26. The maximum absolute atomic E-state index is 13.5. The molecule has 1 aliphatic carbocycles. The van der Waals surface area contributed by atoms with Crippen molar-refractivity contribution in [2.24, 2.45) is 11.3 Å². The van der Waals surface area contributed by atoms with Gasteiger partial charge in [0.25, 0.3) is 11.5 Å². The van der Waals surface area contributed by atoms with Crippen LogP contribution in [-0.2, 0) is 17.8 Å². The number of rotatable bonds is 10. The van der Waals surface area contributed by atoms with Crippen molar-refractivity contribution in [3.05, 3.63) is 33.2 Å². The molecule has 2 rings (SSSR count). The minimum absolute atomic E-state index is 0.0448. The van der Waals surface area contributed by atoms with Crippen LogP contribution >= 0.6 is 0 Å². The summed E-state index contributed by atoms with van der Waals surface area (Å²) in [5.41, 5.74) is 0.934. The van der Waals surface area contributed by atoms with Gasteiger partial charge in [-0.2, -0.15) is 0 Å². The van der Waals surface area contributed by atoms with Crippen molar-refractivity contribution in [1.82, 2.24) is 14.8 Å². The zero-order valence-corrected chi connectivity index (χ0v) is 21.5. The number of aliphatic hydroxyl groups is 2. The van der Waals surface area contributed by atoms with Gasteiger partial charge in [-0.3, -0.25) is 14.4 Å². The van der Waals surface area contributed by atoms with Crippen molar-refractivity contribution < 1.29 is 19.8 Å². The highest BCUT2D eigenvalue weighted by Crippen LogP contribution is 2.26. The highest BCUT2D eigenvalue weighted by Gasteiger charge is 2.36. The highest BCUT2D eigenvalue weighted by molar-refractivity contribution is 5.97. The van der Waals surface area contributed by atoms with Gasteiger partial charge in [-0.1, -0.05) is 47.0 Å². The molecule has 1 aromatic heterocycles. The number of amides is 2. The summed E-state index contributed by atoms with van der Waals surface area (Å²) in [6.45, 7) is 9.66. The first-order chi connectivity index (χ1) is 16.0. The van der Waals surface area contributed by atoms with Gasteiger partial charge in [0.2, 0.25) is 5.91 Å². The molecule has 192 valence electrons. The van der Waals surface area contributed by atoms with E-state index in [-0.39, 0.29) is 37.4 Å². The average Bonchev–Trinajstić information content (AvgIpc) is 2.79. The molecule has 1 aliphatic rings. The first kappa shape index (κ1) is 28.1. The largest absolute Gasteiger partial charge is 0.395 e. The van der Waals surface area contributed by atoms with E-state index in [1.54, 1.807) is 10.6 Å². The van der Waals surface area contributed by atoms with Crippen molar-refractivity contribution in [3.63, 3.8) is 0 Å². The van der Waals surface area contributed by atoms with E-state index >= 15 is 0 Å². The van der Waals surface area contributed by atoms with Gasteiger partial charge in [0.05, 0.1) is 13.2 Å². The Morgan fingerprint density at radius 1 is 1.15 bits per heavy atom. The summed E-state index contributed by atoms with van der Waals surface area (Å²) in [4.78, 5) is 41.4. The molecule has 0 aliphatic heterocycles. The fourth-order valence-electron chi connectivity index (χ4n) is 4.91. The van der Waals surface area contributed by atoms with Crippen LogP contribution in [0.3, 0.4) is 0 Å². The van der Waals surface area contributed by atoms with Crippen LogP contribution in [0.1, 0.15) is 81.4 Å². The van der Waals surface area contributed by atoms with Gasteiger partial charge in [0.1, 0.15) is 11.6 Å². The van der Waals surface area contributed by atoms with E-state index in [0.717, 1.165) is 24.1 Å². The molecule has 3 N–H and O–H groups in total. The molecule has 0 aromatic carbocycles. The molecule has 8 nitrogen and oxygen atoms in total. The molecule has 1 heterocycles. The predicted molar refractivity (Wildman–Crippen MR) is 133 cm³/mol. The molecule has 2 amide bonds. The molecule has 1 saturated carbocycles. The number of hydrogen-bond acceptors (Lipinski definition) is 5. The summed E-state index contributed by atoms with van der Waals surface area (Å²) >= 11 is 0. The molecule has 0 radical (unpaired) electrons. The van der Waals surface area contributed by atoms with Crippen LogP contribution in [0.5, 0.6) is 0 Å². The summed E-state index contributed by atoms with van der Waals surface area (Å²) in [5, 5.41) is 21.5. The molecule has 0 spiro atoms. The van der Waals surface area contributed by atoms with Crippen LogP contribution in [0.2, 0.25) is 0 Å². The SMILES string of the molecule is CCc1c(C)cc(C(=O)NC(C(=O)N(CCO)CCO)C(C)(C)C)c(=O)n1CC1CCCCC1. The fraction of sp³-hybridized carbons (Fsp3) is 0.731. The third-order valence-electron chi connectivity index (χ3n) is 6.80. The zero-order chi connectivity index (χ0) is 25.5. The number of pyridine rings is 1. The van der Waals surface area contributed by atoms with Crippen molar-refractivity contribution in [3.8, 4) is 0 Å². The van der Waals surface area contributed by atoms with Crippen molar-refractivity contribution >= 4 is 11.8 Å². The number of nitrogens with one attached hydrogen (secondary N) is 1. The lowest BCUT2D eigenvalue weighted by Crippen LogP contribution is -2.56. The molecular formula is C26H43N3O5. The first-order valence-electron chi connectivity index (χ1n) is 12.6. The summed E-state index contributed by atoms with van der Waals surface area (Å²) in [6, 6.07) is 0.715. The normalized spacial score (nSPS) is 15.7. The Morgan fingerprint density at radius 2 is 1.74 bits per heavy atom. The van der Waals surface area contributed by atoms with Crippen LogP contribution in [0.25, 0.3) is 0 Å². The lowest BCUT2D eigenvalue weighted by molar-refractivity contribution is -0.136. The van der Waals surface area contributed by atoms with E-state index in [0.29, 0.717) is 18.9 Å². The van der Waals surface area contributed by atoms with E-state index in [4.69, 9.17) is 0 Å². The van der Waals surface area contributed by atoms with Gasteiger partial charge >= 0.3 is 0 Å². The van der Waals surface area contributed by atoms with Crippen molar-refractivity contribution in [2.45, 2.75) is 85.7 Å². The molecule has 34 heavy (non-hydrogen) atoms. The number of hydrogen-bond donors (Lipinski definition) is 3. The molecule has 8 heteroatoms. The van der Waals surface area contributed by atoms with Crippen LogP contribution in [0, 0.1) is 18.3 Å². The number of aliphatic hydroxyl groups excluding tert-OH is 2. The Bertz CT molecular complexity index is 891. The average molecular weight is 478 g/mol. The van der Waals surface area contributed by atoms with Crippen LogP contribution in [0.15, 0.2) is 10.9 Å². The second-order valence-electron chi connectivity index (χ2n) is 10.5. The molecule has 1 aromatic rings. The monoisotopic (exact) mass is 477 g/mol. The minimum Gasteiger partial charge on any atom is -0.395 e. The number of aryl methyl sites for hydroxylation is 1. The molecule has 0 bridgehead atoms. The van der Waals surface area contributed by atoms with Crippen LogP contribution in [0.4, 0.5) is 0 Å². The van der Waals surface area contributed by atoms with Gasteiger partial charge in [-0.15, -0.1) is 0 Å². The van der Waals surface area contributed by atoms with Crippen molar-refractivity contribution in [2.75, 3.05) is 26.3 Å².